The average molecular weight is 891 g/mol. The Balaban J connectivity index is 4.49. The molecule has 0 fully saturated rings. The summed E-state index contributed by atoms with van der Waals surface area (Å²) in [5.74, 6) is -1.01. The third kappa shape index (κ3) is 49.6. The van der Waals surface area contributed by atoms with Crippen molar-refractivity contribution in [3.05, 3.63) is 85.1 Å². The van der Waals surface area contributed by atoms with Crippen LogP contribution in [0.1, 0.15) is 245 Å². The first-order valence-corrected chi connectivity index (χ1v) is 26.7. The first kappa shape index (κ1) is 60.6. The van der Waals surface area contributed by atoms with Crippen LogP contribution in [-0.4, -0.2) is 37.2 Å². The van der Waals surface area contributed by atoms with Gasteiger partial charge in [-0.3, -0.25) is 14.4 Å². The van der Waals surface area contributed by atoms with Crippen molar-refractivity contribution in [2.24, 2.45) is 0 Å². The van der Waals surface area contributed by atoms with Crippen LogP contribution in [0.2, 0.25) is 0 Å². The molecular formula is C58H98O6. The van der Waals surface area contributed by atoms with E-state index >= 15 is 0 Å². The Morgan fingerprint density at radius 2 is 0.625 bits per heavy atom. The van der Waals surface area contributed by atoms with Gasteiger partial charge in [0.05, 0.1) is 0 Å². The van der Waals surface area contributed by atoms with E-state index in [9.17, 15) is 14.4 Å². The minimum atomic E-state index is -0.817. The zero-order valence-corrected chi connectivity index (χ0v) is 41.8. The Kier molecular flexibility index (Phi) is 49.4. The summed E-state index contributed by atoms with van der Waals surface area (Å²) >= 11 is 0. The van der Waals surface area contributed by atoms with E-state index < -0.39 is 6.10 Å². The van der Waals surface area contributed by atoms with Crippen LogP contribution in [0.25, 0.3) is 0 Å². The van der Waals surface area contributed by atoms with E-state index in [-0.39, 0.29) is 44.0 Å². The molecule has 0 aliphatic heterocycles. The van der Waals surface area contributed by atoms with Crippen LogP contribution in [0.3, 0.4) is 0 Å². The molecule has 0 rings (SSSR count). The number of esters is 3. The van der Waals surface area contributed by atoms with E-state index in [2.05, 4.69) is 51.2 Å². The van der Waals surface area contributed by atoms with Gasteiger partial charge in [-0.2, -0.15) is 0 Å². The van der Waals surface area contributed by atoms with Crippen LogP contribution in [0.15, 0.2) is 85.1 Å². The monoisotopic (exact) mass is 891 g/mol. The van der Waals surface area contributed by atoms with Crippen molar-refractivity contribution in [2.75, 3.05) is 13.2 Å². The smallest absolute Gasteiger partial charge is 0.306 e. The summed E-state index contributed by atoms with van der Waals surface area (Å²) in [5, 5.41) is 0. The first-order chi connectivity index (χ1) is 31.5. The number of hydrogen-bond acceptors (Lipinski definition) is 6. The van der Waals surface area contributed by atoms with Gasteiger partial charge in [0.1, 0.15) is 13.2 Å². The summed E-state index contributed by atoms with van der Waals surface area (Å²) in [6, 6.07) is 0. The molecule has 0 saturated carbocycles. The van der Waals surface area contributed by atoms with E-state index in [1.165, 1.54) is 135 Å². The van der Waals surface area contributed by atoms with E-state index in [0.29, 0.717) is 12.8 Å². The van der Waals surface area contributed by atoms with Gasteiger partial charge in [0, 0.05) is 19.3 Å². The maximum atomic E-state index is 12.8. The lowest BCUT2D eigenvalue weighted by Crippen LogP contribution is -2.30. The minimum Gasteiger partial charge on any atom is -0.462 e. The van der Waals surface area contributed by atoms with Crippen molar-refractivity contribution in [1.29, 1.82) is 0 Å². The molecule has 0 heterocycles. The van der Waals surface area contributed by atoms with Crippen LogP contribution in [0.4, 0.5) is 0 Å². The molecular weight excluding hydrogens is 793 g/mol. The zero-order valence-electron chi connectivity index (χ0n) is 41.8. The van der Waals surface area contributed by atoms with Crippen LogP contribution in [0, 0.1) is 0 Å². The standard InChI is InChI=1S/C58H98O6/c1-4-7-10-13-16-19-22-25-27-29-31-33-36-39-42-45-48-51-57(60)63-54-55(53-62-56(59)50-47-44-41-38-35-32-24-21-18-15-12-9-6-3)64-58(61)52-49-46-43-40-37-34-30-28-26-23-20-17-14-11-8-5-2/h9,12,15,18,21,24,28,30,32,34-35,37-38,41,55H,4-8,10-11,13-14,16-17,19-20,22-23,25-27,29,31,33,36,39-40,42-54H2,1-3H3/b12-9-,18-15-,24-21-,30-28-,35-32-,37-34-,41-38-. The van der Waals surface area contributed by atoms with Gasteiger partial charge in [-0.05, 0) is 57.8 Å². The SMILES string of the molecule is CC\C=C/C=C\C=C/C=C\C=C/CCCC(=O)OCC(COC(=O)CCCCCCCCCCCCCCCCCCC)OC(=O)CCCCC/C=C\C=C/CCCCCCCCC. The van der Waals surface area contributed by atoms with Crippen LogP contribution in [-0.2, 0) is 28.6 Å². The predicted molar refractivity (Wildman–Crippen MR) is 274 cm³/mol. The van der Waals surface area contributed by atoms with E-state index in [1.54, 1.807) is 0 Å². The highest BCUT2D eigenvalue weighted by atomic mass is 16.6. The highest BCUT2D eigenvalue weighted by molar-refractivity contribution is 5.71. The van der Waals surface area contributed by atoms with Crippen LogP contribution < -0.4 is 0 Å². The molecule has 0 bridgehead atoms. The number of allylic oxidation sites excluding steroid dienone is 14. The van der Waals surface area contributed by atoms with Gasteiger partial charge in [-0.1, -0.05) is 254 Å². The molecule has 0 radical (unpaired) electrons. The molecule has 6 nitrogen and oxygen atoms in total. The third-order valence-electron chi connectivity index (χ3n) is 11.3. The second-order valence-corrected chi connectivity index (χ2v) is 17.6. The van der Waals surface area contributed by atoms with Crippen molar-refractivity contribution in [3.63, 3.8) is 0 Å². The van der Waals surface area contributed by atoms with Gasteiger partial charge in [0.25, 0.3) is 0 Å². The zero-order chi connectivity index (χ0) is 46.5. The highest BCUT2D eigenvalue weighted by Gasteiger charge is 2.19. The Morgan fingerprint density at radius 3 is 1.05 bits per heavy atom. The molecule has 6 heteroatoms. The lowest BCUT2D eigenvalue weighted by molar-refractivity contribution is -0.167. The maximum Gasteiger partial charge on any atom is 0.306 e. The summed E-state index contributed by atoms with van der Waals surface area (Å²) in [4.78, 5) is 38.0. The van der Waals surface area contributed by atoms with Crippen molar-refractivity contribution in [3.8, 4) is 0 Å². The summed E-state index contributed by atoms with van der Waals surface area (Å²) in [6.07, 6.45) is 67.2. The Hall–Kier alpha value is -3.41. The lowest BCUT2D eigenvalue weighted by atomic mass is 10.0. The summed E-state index contributed by atoms with van der Waals surface area (Å²) < 4.78 is 16.7. The van der Waals surface area contributed by atoms with Gasteiger partial charge in [0.15, 0.2) is 6.10 Å². The second-order valence-electron chi connectivity index (χ2n) is 17.6. The number of rotatable bonds is 47. The quantitative estimate of drug-likeness (QED) is 0.0262. The number of ether oxygens (including phenoxy) is 3. The molecule has 0 aliphatic rings. The molecule has 0 aliphatic carbocycles. The third-order valence-corrected chi connectivity index (χ3v) is 11.3. The predicted octanol–water partition coefficient (Wildman–Crippen LogP) is 17.6. The first-order valence-electron chi connectivity index (χ1n) is 26.7. The fourth-order valence-corrected chi connectivity index (χ4v) is 7.29. The molecule has 0 aromatic carbocycles. The molecule has 0 N–H and O–H groups in total. The molecule has 0 amide bonds. The molecule has 366 valence electrons. The summed E-state index contributed by atoms with van der Waals surface area (Å²) in [5.41, 5.74) is 0. The highest BCUT2D eigenvalue weighted by Crippen LogP contribution is 2.15. The normalized spacial score (nSPS) is 12.7. The number of unbranched alkanes of at least 4 members (excludes halogenated alkanes) is 27. The molecule has 64 heavy (non-hydrogen) atoms. The second kappa shape index (κ2) is 52.2. The molecule has 0 aromatic rings. The van der Waals surface area contributed by atoms with E-state index in [1.807, 2.05) is 54.7 Å². The molecule has 1 atom stereocenters. The van der Waals surface area contributed by atoms with Gasteiger partial charge in [-0.25, -0.2) is 0 Å². The molecule has 0 aromatic heterocycles. The number of carbonyl (C=O) groups excluding carboxylic acids is 3. The fourth-order valence-electron chi connectivity index (χ4n) is 7.29. The van der Waals surface area contributed by atoms with Crippen molar-refractivity contribution in [2.45, 2.75) is 252 Å². The van der Waals surface area contributed by atoms with Gasteiger partial charge in [0.2, 0.25) is 0 Å². The summed E-state index contributed by atoms with van der Waals surface area (Å²) in [7, 11) is 0. The number of hydrogen-bond donors (Lipinski definition) is 0. The minimum absolute atomic E-state index is 0.108. The van der Waals surface area contributed by atoms with E-state index in [4.69, 9.17) is 14.2 Å². The lowest BCUT2D eigenvalue weighted by Gasteiger charge is -2.18. The average Bonchev–Trinajstić information content (AvgIpc) is 3.29. The van der Waals surface area contributed by atoms with Crippen molar-refractivity contribution < 1.29 is 28.6 Å². The fraction of sp³-hybridized carbons (Fsp3) is 0.707. The summed E-state index contributed by atoms with van der Waals surface area (Å²) in [6.45, 7) is 6.41. The van der Waals surface area contributed by atoms with Gasteiger partial charge < -0.3 is 14.2 Å². The maximum absolute atomic E-state index is 12.8. The largest absolute Gasteiger partial charge is 0.462 e. The Bertz CT molecular complexity index is 1250. The topological polar surface area (TPSA) is 78.9 Å². The number of carbonyl (C=O) groups is 3. The van der Waals surface area contributed by atoms with Crippen molar-refractivity contribution >= 4 is 17.9 Å². The van der Waals surface area contributed by atoms with Gasteiger partial charge in [-0.15, -0.1) is 0 Å². The van der Waals surface area contributed by atoms with Crippen LogP contribution in [0.5, 0.6) is 0 Å². The molecule has 1 unspecified atom stereocenters. The molecule has 0 saturated heterocycles. The van der Waals surface area contributed by atoms with Crippen molar-refractivity contribution in [1.82, 2.24) is 0 Å². The molecule has 0 spiro atoms. The Morgan fingerprint density at radius 1 is 0.328 bits per heavy atom. The van der Waals surface area contributed by atoms with Crippen LogP contribution >= 0.6 is 0 Å². The Labute approximate surface area is 395 Å². The van der Waals surface area contributed by atoms with Gasteiger partial charge >= 0.3 is 17.9 Å². The van der Waals surface area contributed by atoms with E-state index in [0.717, 1.165) is 64.2 Å².